The Balaban J connectivity index is 2.26. The highest BCUT2D eigenvalue weighted by Crippen LogP contribution is 2.24. The minimum atomic E-state index is -0.370. The summed E-state index contributed by atoms with van der Waals surface area (Å²) in [5, 5.41) is 1.01. The summed E-state index contributed by atoms with van der Waals surface area (Å²) < 4.78 is 5.68. The molecule has 4 nitrogen and oxygen atoms in total. The molecule has 1 aromatic heterocycles. The van der Waals surface area contributed by atoms with Gasteiger partial charge in [0.1, 0.15) is 17.4 Å². The number of benzene rings is 1. The maximum atomic E-state index is 10.8. The summed E-state index contributed by atoms with van der Waals surface area (Å²) in [6, 6.07) is 9.55. The summed E-state index contributed by atoms with van der Waals surface area (Å²) >= 11 is 0. The van der Waals surface area contributed by atoms with E-state index >= 15 is 0 Å². The van der Waals surface area contributed by atoms with Gasteiger partial charge in [-0.05, 0) is 19.1 Å². The molecule has 0 spiro atoms. The molecule has 0 radical (unpaired) electrons. The summed E-state index contributed by atoms with van der Waals surface area (Å²) in [5.41, 5.74) is 5.92. The first-order chi connectivity index (χ1) is 8.16. The topological polar surface area (TPSA) is 65.2 Å². The molecule has 0 aliphatic heterocycles. The van der Waals surface area contributed by atoms with Crippen molar-refractivity contribution in [3.63, 3.8) is 0 Å². The fraction of sp³-hybridized carbons (Fsp3) is 0.231. The maximum Gasteiger partial charge on any atom is 0.221 e. The van der Waals surface area contributed by atoms with E-state index in [4.69, 9.17) is 10.5 Å². The van der Waals surface area contributed by atoms with Crippen LogP contribution in [0.2, 0.25) is 0 Å². The number of aromatic nitrogens is 1. The first kappa shape index (κ1) is 11.4. The molecule has 17 heavy (non-hydrogen) atoms. The third-order valence-electron chi connectivity index (χ3n) is 2.41. The summed E-state index contributed by atoms with van der Waals surface area (Å²) in [7, 11) is 0. The standard InChI is InChI=1S/C13H14N2O2/c1-9(8-12(14)16)17-11-6-2-4-10-5-3-7-15-13(10)11/h2-7,9H,8H2,1H3,(H2,14,16). The average molecular weight is 230 g/mol. The molecule has 0 saturated carbocycles. The quantitative estimate of drug-likeness (QED) is 0.872. The number of primary amides is 1. The van der Waals surface area contributed by atoms with Crippen LogP contribution in [0, 0.1) is 0 Å². The van der Waals surface area contributed by atoms with E-state index in [1.807, 2.05) is 37.3 Å². The molecule has 0 aliphatic rings. The van der Waals surface area contributed by atoms with Crippen LogP contribution in [0.25, 0.3) is 10.9 Å². The number of ether oxygens (including phenoxy) is 1. The van der Waals surface area contributed by atoms with E-state index in [-0.39, 0.29) is 18.4 Å². The lowest BCUT2D eigenvalue weighted by Crippen LogP contribution is -2.22. The summed E-state index contributed by atoms with van der Waals surface area (Å²) in [6.07, 6.45) is 1.66. The van der Waals surface area contributed by atoms with Gasteiger partial charge in [0.2, 0.25) is 5.91 Å². The highest BCUT2D eigenvalue weighted by Gasteiger charge is 2.10. The van der Waals surface area contributed by atoms with Crippen LogP contribution in [0.5, 0.6) is 5.75 Å². The van der Waals surface area contributed by atoms with E-state index in [0.29, 0.717) is 5.75 Å². The van der Waals surface area contributed by atoms with Gasteiger partial charge in [-0.1, -0.05) is 18.2 Å². The minimum Gasteiger partial charge on any atom is -0.488 e. The molecule has 0 bridgehead atoms. The number of carbonyl (C=O) groups is 1. The van der Waals surface area contributed by atoms with Gasteiger partial charge in [-0.3, -0.25) is 9.78 Å². The lowest BCUT2D eigenvalue weighted by Gasteiger charge is -2.14. The third-order valence-corrected chi connectivity index (χ3v) is 2.41. The Hall–Kier alpha value is -2.10. The van der Waals surface area contributed by atoms with Crippen molar-refractivity contribution in [1.29, 1.82) is 0 Å². The molecule has 1 heterocycles. The number of nitrogens with two attached hydrogens (primary N) is 1. The molecule has 0 aliphatic carbocycles. The van der Waals surface area contributed by atoms with Gasteiger partial charge in [-0.2, -0.15) is 0 Å². The SMILES string of the molecule is CC(CC(N)=O)Oc1cccc2cccnc12. The van der Waals surface area contributed by atoms with Gasteiger partial charge >= 0.3 is 0 Å². The van der Waals surface area contributed by atoms with Crippen molar-refractivity contribution in [2.75, 3.05) is 0 Å². The van der Waals surface area contributed by atoms with E-state index in [0.717, 1.165) is 10.9 Å². The predicted octanol–water partition coefficient (Wildman–Crippen LogP) is 1.88. The molecule has 1 aromatic carbocycles. The molecule has 0 fully saturated rings. The van der Waals surface area contributed by atoms with Crippen LogP contribution in [-0.4, -0.2) is 17.0 Å². The third kappa shape index (κ3) is 2.72. The van der Waals surface area contributed by atoms with E-state index < -0.39 is 0 Å². The minimum absolute atomic E-state index is 0.198. The lowest BCUT2D eigenvalue weighted by atomic mass is 10.2. The first-order valence-corrected chi connectivity index (χ1v) is 5.45. The Morgan fingerprint density at radius 1 is 1.41 bits per heavy atom. The molecule has 2 N–H and O–H groups in total. The molecular weight excluding hydrogens is 216 g/mol. The average Bonchev–Trinajstić information content (AvgIpc) is 2.28. The van der Waals surface area contributed by atoms with Crippen molar-refractivity contribution in [3.8, 4) is 5.75 Å². The van der Waals surface area contributed by atoms with Crippen molar-refractivity contribution < 1.29 is 9.53 Å². The van der Waals surface area contributed by atoms with Gasteiger partial charge in [0.25, 0.3) is 0 Å². The summed E-state index contributed by atoms with van der Waals surface area (Å²) in [4.78, 5) is 15.1. The second-order valence-corrected chi connectivity index (χ2v) is 3.93. The highest BCUT2D eigenvalue weighted by atomic mass is 16.5. The van der Waals surface area contributed by atoms with Crippen molar-refractivity contribution in [2.45, 2.75) is 19.4 Å². The van der Waals surface area contributed by atoms with Crippen molar-refractivity contribution in [2.24, 2.45) is 5.73 Å². The van der Waals surface area contributed by atoms with Crippen LogP contribution in [0.15, 0.2) is 36.5 Å². The largest absolute Gasteiger partial charge is 0.488 e. The van der Waals surface area contributed by atoms with E-state index in [2.05, 4.69) is 4.98 Å². The zero-order valence-electron chi connectivity index (χ0n) is 9.59. The number of amides is 1. The predicted molar refractivity (Wildman–Crippen MR) is 65.6 cm³/mol. The van der Waals surface area contributed by atoms with Gasteiger partial charge in [0, 0.05) is 11.6 Å². The molecular formula is C13H14N2O2. The summed E-state index contributed by atoms with van der Waals surface area (Å²) in [6.45, 7) is 1.81. The van der Waals surface area contributed by atoms with Gasteiger partial charge in [-0.15, -0.1) is 0 Å². The Bertz CT molecular complexity index is 534. The Labute approximate surface area is 99.4 Å². The zero-order chi connectivity index (χ0) is 12.3. The number of nitrogens with zero attached hydrogens (tertiary/aromatic N) is 1. The molecule has 0 saturated heterocycles. The Morgan fingerprint density at radius 3 is 2.94 bits per heavy atom. The second kappa shape index (κ2) is 4.82. The second-order valence-electron chi connectivity index (χ2n) is 3.93. The number of hydrogen-bond donors (Lipinski definition) is 1. The molecule has 1 amide bonds. The molecule has 88 valence electrons. The van der Waals surface area contributed by atoms with Crippen molar-refractivity contribution in [1.82, 2.24) is 4.98 Å². The van der Waals surface area contributed by atoms with E-state index in [1.54, 1.807) is 6.20 Å². The number of hydrogen-bond acceptors (Lipinski definition) is 3. The number of pyridine rings is 1. The number of para-hydroxylation sites is 1. The summed E-state index contributed by atoms with van der Waals surface area (Å²) in [5.74, 6) is 0.308. The Kier molecular flexibility index (Phi) is 3.23. The monoisotopic (exact) mass is 230 g/mol. The fourth-order valence-corrected chi connectivity index (χ4v) is 1.71. The fourth-order valence-electron chi connectivity index (χ4n) is 1.71. The van der Waals surface area contributed by atoms with Crippen molar-refractivity contribution in [3.05, 3.63) is 36.5 Å². The van der Waals surface area contributed by atoms with E-state index in [9.17, 15) is 4.79 Å². The number of rotatable bonds is 4. The maximum absolute atomic E-state index is 10.8. The molecule has 1 atom stereocenters. The van der Waals surface area contributed by atoms with Gasteiger partial charge in [0.15, 0.2) is 0 Å². The number of carbonyl (C=O) groups excluding carboxylic acids is 1. The molecule has 4 heteroatoms. The van der Waals surface area contributed by atoms with Crippen LogP contribution in [0.4, 0.5) is 0 Å². The van der Waals surface area contributed by atoms with Crippen LogP contribution in [0.3, 0.4) is 0 Å². The normalized spacial score (nSPS) is 12.3. The zero-order valence-corrected chi connectivity index (χ0v) is 9.59. The highest BCUT2D eigenvalue weighted by molar-refractivity contribution is 5.84. The number of fused-ring (bicyclic) bond motifs is 1. The van der Waals surface area contributed by atoms with E-state index in [1.165, 1.54) is 0 Å². The Morgan fingerprint density at radius 2 is 2.18 bits per heavy atom. The van der Waals surface area contributed by atoms with Crippen molar-refractivity contribution >= 4 is 16.8 Å². The van der Waals surface area contributed by atoms with Crippen LogP contribution in [-0.2, 0) is 4.79 Å². The van der Waals surface area contributed by atoms with Crippen LogP contribution in [0.1, 0.15) is 13.3 Å². The van der Waals surface area contributed by atoms with Crippen LogP contribution >= 0.6 is 0 Å². The van der Waals surface area contributed by atoms with Gasteiger partial charge in [0.05, 0.1) is 6.42 Å². The lowest BCUT2D eigenvalue weighted by molar-refractivity contribution is -0.119. The molecule has 2 aromatic rings. The van der Waals surface area contributed by atoms with Crippen LogP contribution < -0.4 is 10.5 Å². The van der Waals surface area contributed by atoms with Gasteiger partial charge in [-0.25, -0.2) is 0 Å². The first-order valence-electron chi connectivity index (χ1n) is 5.45. The molecule has 1 unspecified atom stereocenters. The molecule has 2 rings (SSSR count). The smallest absolute Gasteiger partial charge is 0.221 e. The van der Waals surface area contributed by atoms with Gasteiger partial charge < -0.3 is 10.5 Å².